The fourth-order valence-corrected chi connectivity index (χ4v) is 3.22. The van der Waals surface area contributed by atoms with Crippen molar-refractivity contribution in [3.8, 4) is 11.3 Å². The largest absolute Gasteiger partial charge is 0.359 e. The Morgan fingerprint density at radius 2 is 1.63 bits per heavy atom. The molecule has 27 heavy (non-hydrogen) atoms. The van der Waals surface area contributed by atoms with Crippen LogP contribution in [0.2, 0.25) is 0 Å². The summed E-state index contributed by atoms with van der Waals surface area (Å²) >= 11 is 0. The van der Waals surface area contributed by atoms with Gasteiger partial charge in [0.1, 0.15) is 5.69 Å². The average Bonchev–Trinajstić information content (AvgIpc) is 3.34. The molecule has 0 unspecified atom stereocenters. The first-order valence-electron chi connectivity index (χ1n) is 9.45. The molecular weight excluding hydrogens is 342 g/mol. The van der Waals surface area contributed by atoms with Crippen molar-refractivity contribution in [3.05, 3.63) is 53.9 Å². The Hall–Kier alpha value is -2.51. The second-order valence-electron chi connectivity index (χ2n) is 7.30. The van der Waals surface area contributed by atoms with E-state index in [1.54, 1.807) is 0 Å². The lowest BCUT2D eigenvalue weighted by atomic mass is 10.1. The van der Waals surface area contributed by atoms with E-state index in [-0.39, 0.29) is 0 Å². The lowest BCUT2D eigenvalue weighted by Gasteiger charge is -2.33. The van der Waals surface area contributed by atoms with Crippen LogP contribution in [0.15, 0.2) is 45.4 Å². The van der Waals surface area contributed by atoms with Gasteiger partial charge in [0.15, 0.2) is 11.6 Å². The monoisotopic (exact) mass is 367 g/mol. The third-order valence-electron chi connectivity index (χ3n) is 4.83. The Bertz CT molecular complexity index is 850. The summed E-state index contributed by atoms with van der Waals surface area (Å²) in [6, 6.07) is 12.1. The van der Waals surface area contributed by atoms with E-state index in [0.717, 1.165) is 55.6 Å². The minimum absolute atomic E-state index is 0.294. The minimum Gasteiger partial charge on any atom is -0.359 e. The third-order valence-corrected chi connectivity index (χ3v) is 4.83. The van der Waals surface area contributed by atoms with Crippen molar-refractivity contribution in [1.29, 1.82) is 0 Å². The van der Waals surface area contributed by atoms with Crippen molar-refractivity contribution >= 4 is 0 Å². The molecule has 3 heterocycles. The number of hydrogen-bond acceptors (Lipinski definition) is 7. The maximum atomic E-state index is 5.53. The highest BCUT2D eigenvalue weighted by molar-refractivity contribution is 5.58. The molecule has 0 saturated carbocycles. The van der Waals surface area contributed by atoms with Gasteiger partial charge in [-0.05, 0) is 0 Å². The molecule has 0 N–H and O–H groups in total. The summed E-state index contributed by atoms with van der Waals surface area (Å²) in [7, 11) is 0. The van der Waals surface area contributed by atoms with Gasteiger partial charge < -0.3 is 9.05 Å². The predicted octanol–water partition coefficient (Wildman–Crippen LogP) is 3.17. The van der Waals surface area contributed by atoms with E-state index in [4.69, 9.17) is 9.05 Å². The van der Waals surface area contributed by atoms with Gasteiger partial charge in [0.2, 0.25) is 5.89 Å². The Labute approximate surface area is 158 Å². The van der Waals surface area contributed by atoms with Gasteiger partial charge >= 0.3 is 0 Å². The molecule has 1 aliphatic heterocycles. The quantitative estimate of drug-likeness (QED) is 0.662. The van der Waals surface area contributed by atoms with Crippen LogP contribution in [-0.2, 0) is 13.1 Å². The normalized spacial score (nSPS) is 16.3. The second-order valence-corrected chi connectivity index (χ2v) is 7.30. The number of nitrogens with zero attached hydrogens (tertiary/aromatic N) is 5. The molecule has 0 spiro atoms. The molecule has 7 nitrogen and oxygen atoms in total. The second kappa shape index (κ2) is 8.02. The van der Waals surface area contributed by atoms with Gasteiger partial charge in [-0.15, -0.1) is 0 Å². The zero-order chi connectivity index (χ0) is 18.6. The zero-order valence-corrected chi connectivity index (χ0v) is 15.8. The van der Waals surface area contributed by atoms with Crippen LogP contribution >= 0.6 is 0 Å². The van der Waals surface area contributed by atoms with Crippen molar-refractivity contribution in [2.45, 2.75) is 32.9 Å². The number of aromatic nitrogens is 3. The summed E-state index contributed by atoms with van der Waals surface area (Å²) in [6.45, 7) is 9.54. The van der Waals surface area contributed by atoms with Crippen LogP contribution in [-0.4, -0.2) is 51.3 Å². The molecule has 0 aliphatic carbocycles. The van der Waals surface area contributed by atoms with Crippen LogP contribution < -0.4 is 0 Å². The van der Waals surface area contributed by atoms with Crippen LogP contribution in [0.5, 0.6) is 0 Å². The summed E-state index contributed by atoms with van der Waals surface area (Å²) in [4.78, 5) is 9.21. The Kier molecular flexibility index (Phi) is 5.31. The van der Waals surface area contributed by atoms with E-state index < -0.39 is 0 Å². The van der Waals surface area contributed by atoms with Crippen LogP contribution in [0.1, 0.15) is 37.2 Å². The van der Waals surface area contributed by atoms with Crippen molar-refractivity contribution in [1.82, 2.24) is 25.1 Å². The van der Waals surface area contributed by atoms with Gasteiger partial charge in [0.25, 0.3) is 0 Å². The van der Waals surface area contributed by atoms with E-state index in [2.05, 4.69) is 38.9 Å². The summed E-state index contributed by atoms with van der Waals surface area (Å²) < 4.78 is 10.9. The maximum Gasteiger partial charge on any atom is 0.240 e. The molecule has 7 heteroatoms. The molecule has 1 saturated heterocycles. The van der Waals surface area contributed by atoms with E-state index >= 15 is 0 Å². The Morgan fingerprint density at radius 1 is 0.926 bits per heavy atom. The molecule has 3 aromatic rings. The highest BCUT2D eigenvalue weighted by Gasteiger charge is 2.21. The van der Waals surface area contributed by atoms with Crippen molar-refractivity contribution in [3.63, 3.8) is 0 Å². The van der Waals surface area contributed by atoms with Gasteiger partial charge in [0.05, 0.1) is 13.1 Å². The van der Waals surface area contributed by atoms with Crippen molar-refractivity contribution in [2.75, 3.05) is 26.2 Å². The molecule has 142 valence electrons. The first kappa shape index (κ1) is 17.9. The molecule has 0 radical (unpaired) electrons. The predicted molar refractivity (Wildman–Crippen MR) is 101 cm³/mol. The van der Waals surface area contributed by atoms with Crippen molar-refractivity contribution in [2.24, 2.45) is 0 Å². The minimum atomic E-state index is 0.294. The molecule has 1 aromatic carbocycles. The summed E-state index contributed by atoms with van der Waals surface area (Å²) in [5.41, 5.74) is 1.97. The van der Waals surface area contributed by atoms with Gasteiger partial charge in [0, 0.05) is 43.7 Å². The fraction of sp³-hybridized carbons (Fsp3) is 0.450. The lowest BCUT2D eigenvalue weighted by molar-refractivity contribution is 0.105. The van der Waals surface area contributed by atoms with Crippen LogP contribution in [0, 0.1) is 0 Å². The Morgan fingerprint density at radius 3 is 2.30 bits per heavy atom. The smallest absolute Gasteiger partial charge is 0.240 e. The maximum absolute atomic E-state index is 5.53. The van der Waals surface area contributed by atoms with Crippen LogP contribution in [0.4, 0.5) is 0 Å². The first-order valence-corrected chi connectivity index (χ1v) is 9.45. The van der Waals surface area contributed by atoms with Gasteiger partial charge in [-0.2, -0.15) is 4.98 Å². The van der Waals surface area contributed by atoms with E-state index in [1.807, 2.05) is 36.4 Å². The average molecular weight is 367 g/mol. The molecular formula is C20H25N5O2. The molecule has 0 atom stereocenters. The molecule has 0 amide bonds. The van der Waals surface area contributed by atoms with E-state index in [0.29, 0.717) is 18.4 Å². The van der Waals surface area contributed by atoms with Crippen molar-refractivity contribution < 1.29 is 9.05 Å². The number of benzene rings is 1. The molecule has 4 rings (SSSR count). The Balaban J connectivity index is 1.27. The highest BCUT2D eigenvalue weighted by atomic mass is 16.5. The van der Waals surface area contributed by atoms with Gasteiger partial charge in [-0.1, -0.05) is 54.5 Å². The summed E-state index contributed by atoms with van der Waals surface area (Å²) in [5.74, 6) is 2.68. The lowest BCUT2D eigenvalue weighted by Crippen LogP contribution is -2.45. The number of piperazine rings is 1. The summed E-state index contributed by atoms with van der Waals surface area (Å²) in [6.07, 6.45) is 0. The van der Waals surface area contributed by atoms with Gasteiger partial charge in [-0.25, -0.2) is 0 Å². The van der Waals surface area contributed by atoms with Crippen LogP contribution in [0.25, 0.3) is 11.3 Å². The number of hydrogen-bond donors (Lipinski definition) is 0. The third kappa shape index (κ3) is 4.43. The fourth-order valence-electron chi connectivity index (χ4n) is 3.22. The molecule has 1 fully saturated rings. The first-order chi connectivity index (χ1) is 13.2. The van der Waals surface area contributed by atoms with E-state index in [9.17, 15) is 0 Å². The molecule has 1 aliphatic rings. The standard InChI is InChI=1S/C20H25N5O2/c1-15(2)20-21-19(27-23-20)14-25-10-8-24(9-11-25)13-17-12-18(22-26-17)16-6-4-3-5-7-16/h3-7,12,15H,8-11,13-14H2,1-2H3. The number of rotatable bonds is 6. The molecule has 2 aromatic heterocycles. The topological polar surface area (TPSA) is 71.4 Å². The summed E-state index contributed by atoms with van der Waals surface area (Å²) in [5, 5.41) is 8.24. The zero-order valence-electron chi connectivity index (χ0n) is 15.8. The van der Waals surface area contributed by atoms with Gasteiger partial charge in [-0.3, -0.25) is 9.80 Å². The highest BCUT2D eigenvalue weighted by Crippen LogP contribution is 2.20. The molecule has 0 bridgehead atoms. The van der Waals surface area contributed by atoms with E-state index in [1.165, 1.54) is 0 Å². The SMILES string of the molecule is CC(C)c1noc(CN2CCN(Cc3cc(-c4ccccc4)no3)CC2)n1. The van der Waals surface area contributed by atoms with Crippen LogP contribution in [0.3, 0.4) is 0 Å².